The zero-order valence-corrected chi connectivity index (χ0v) is 10.7. The van der Waals surface area contributed by atoms with Gasteiger partial charge in [-0.05, 0) is 37.5 Å². The van der Waals surface area contributed by atoms with Crippen molar-refractivity contribution in [1.82, 2.24) is 5.32 Å². The van der Waals surface area contributed by atoms with Crippen LogP contribution in [0.2, 0.25) is 0 Å². The number of nitrogens with one attached hydrogen (secondary N) is 1. The first-order valence-corrected chi connectivity index (χ1v) is 6.41. The normalized spacial score (nSPS) is 18.3. The van der Waals surface area contributed by atoms with Gasteiger partial charge in [-0.15, -0.1) is 0 Å². The standard InChI is InChI=1S/C14H20N2O2/c1-10(15)11-2-4-12(5-3-11)14(17)16-13-6-8-18-9-7-13/h2-5,10,13H,6-9,15H2,1H3,(H,16,17)/t10-/m0/s1. The van der Waals surface area contributed by atoms with Crippen molar-refractivity contribution in [2.75, 3.05) is 13.2 Å². The number of carbonyl (C=O) groups excluding carboxylic acids is 1. The third kappa shape index (κ3) is 3.31. The van der Waals surface area contributed by atoms with E-state index in [1.165, 1.54) is 0 Å². The minimum atomic E-state index is -0.0156. The Morgan fingerprint density at radius 2 is 1.94 bits per heavy atom. The second-order valence-corrected chi connectivity index (χ2v) is 4.77. The molecule has 0 unspecified atom stereocenters. The van der Waals surface area contributed by atoms with E-state index in [0.29, 0.717) is 5.56 Å². The Labute approximate surface area is 108 Å². The van der Waals surface area contributed by atoms with Crippen molar-refractivity contribution >= 4 is 5.91 Å². The SMILES string of the molecule is C[C@H](N)c1ccc(C(=O)NC2CCOCC2)cc1. The van der Waals surface area contributed by atoms with E-state index in [2.05, 4.69) is 5.32 Å². The van der Waals surface area contributed by atoms with E-state index in [9.17, 15) is 4.79 Å². The quantitative estimate of drug-likeness (QED) is 0.854. The maximum absolute atomic E-state index is 12.0. The lowest BCUT2D eigenvalue weighted by atomic mass is 10.1. The van der Waals surface area contributed by atoms with E-state index in [-0.39, 0.29) is 18.0 Å². The van der Waals surface area contributed by atoms with Gasteiger partial charge in [0.1, 0.15) is 0 Å². The van der Waals surface area contributed by atoms with Crippen LogP contribution in [0.1, 0.15) is 41.7 Å². The molecule has 4 heteroatoms. The Hall–Kier alpha value is -1.39. The smallest absolute Gasteiger partial charge is 0.251 e. The molecule has 1 aromatic carbocycles. The van der Waals surface area contributed by atoms with Gasteiger partial charge >= 0.3 is 0 Å². The van der Waals surface area contributed by atoms with Crippen LogP contribution in [-0.2, 0) is 4.74 Å². The Morgan fingerprint density at radius 3 is 2.50 bits per heavy atom. The summed E-state index contributed by atoms with van der Waals surface area (Å²) in [5, 5.41) is 3.03. The van der Waals surface area contributed by atoms with E-state index in [1.807, 2.05) is 31.2 Å². The van der Waals surface area contributed by atoms with Gasteiger partial charge in [-0.1, -0.05) is 12.1 Å². The van der Waals surface area contributed by atoms with E-state index < -0.39 is 0 Å². The van der Waals surface area contributed by atoms with Crippen molar-refractivity contribution in [1.29, 1.82) is 0 Å². The van der Waals surface area contributed by atoms with Gasteiger partial charge in [0.05, 0.1) is 0 Å². The molecule has 1 aliphatic heterocycles. The average molecular weight is 248 g/mol. The van der Waals surface area contributed by atoms with Crippen LogP contribution in [0.5, 0.6) is 0 Å². The van der Waals surface area contributed by atoms with Crippen molar-refractivity contribution in [2.24, 2.45) is 5.73 Å². The van der Waals surface area contributed by atoms with E-state index >= 15 is 0 Å². The van der Waals surface area contributed by atoms with Gasteiger partial charge in [-0.3, -0.25) is 4.79 Å². The first kappa shape index (κ1) is 13.1. The number of ether oxygens (including phenoxy) is 1. The van der Waals surface area contributed by atoms with Crippen LogP contribution >= 0.6 is 0 Å². The van der Waals surface area contributed by atoms with Gasteiger partial charge in [-0.25, -0.2) is 0 Å². The zero-order chi connectivity index (χ0) is 13.0. The molecule has 1 amide bonds. The molecule has 0 bridgehead atoms. The summed E-state index contributed by atoms with van der Waals surface area (Å²) in [6, 6.07) is 7.70. The molecular formula is C14H20N2O2. The number of hydrogen-bond acceptors (Lipinski definition) is 3. The predicted molar refractivity (Wildman–Crippen MR) is 70.4 cm³/mol. The molecule has 0 radical (unpaired) electrons. The van der Waals surface area contributed by atoms with Crippen molar-refractivity contribution in [2.45, 2.75) is 31.8 Å². The fourth-order valence-electron chi connectivity index (χ4n) is 2.05. The van der Waals surface area contributed by atoms with Crippen LogP contribution in [0.3, 0.4) is 0 Å². The van der Waals surface area contributed by atoms with Crippen molar-refractivity contribution in [3.63, 3.8) is 0 Å². The monoisotopic (exact) mass is 248 g/mol. The van der Waals surface area contributed by atoms with Crippen molar-refractivity contribution in [3.05, 3.63) is 35.4 Å². The number of rotatable bonds is 3. The first-order chi connectivity index (χ1) is 8.66. The molecule has 1 aliphatic rings. The van der Waals surface area contributed by atoms with Crippen LogP contribution in [0, 0.1) is 0 Å². The molecule has 1 saturated heterocycles. The van der Waals surface area contributed by atoms with Gasteiger partial charge in [-0.2, -0.15) is 0 Å². The number of benzene rings is 1. The Morgan fingerprint density at radius 1 is 1.33 bits per heavy atom. The van der Waals surface area contributed by atoms with Crippen LogP contribution in [0.15, 0.2) is 24.3 Å². The second-order valence-electron chi connectivity index (χ2n) is 4.77. The highest BCUT2D eigenvalue weighted by molar-refractivity contribution is 5.94. The summed E-state index contributed by atoms with van der Waals surface area (Å²) in [5.74, 6) is -0.0156. The van der Waals surface area contributed by atoms with Crippen LogP contribution in [-0.4, -0.2) is 25.2 Å². The summed E-state index contributed by atoms with van der Waals surface area (Å²) >= 11 is 0. The molecule has 1 heterocycles. The summed E-state index contributed by atoms with van der Waals surface area (Å²) in [7, 11) is 0. The molecule has 1 fully saturated rings. The van der Waals surface area contributed by atoms with Gasteiger partial charge in [0, 0.05) is 30.9 Å². The molecule has 2 rings (SSSR count). The second kappa shape index (κ2) is 5.98. The summed E-state index contributed by atoms with van der Waals surface area (Å²) in [6.45, 7) is 3.39. The highest BCUT2D eigenvalue weighted by Crippen LogP contribution is 2.12. The molecule has 0 aliphatic carbocycles. The Bertz CT molecular complexity index is 395. The van der Waals surface area contributed by atoms with Crippen LogP contribution in [0.25, 0.3) is 0 Å². The molecule has 98 valence electrons. The van der Waals surface area contributed by atoms with Crippen molar-refractivity contribution in [3.8, 4) is 0 Å². The summed E-state index contributed by atoms with van der Waals surface area (Å²) in [6.07, 6.45) is 1.79. The highest BCUT2D eigenvalue weighted by Gasteiger charge is 2.16. The Balaban J connectivity index is 1.95. The lowest BCUT2D eigenvalue weighted by Gasteiger charge is -2.23. The van der Waals surface area contributed by atoms with E-state index in [1.54, 1.807) is 0 Å². The average Bonchev–Trinajstić information content (AvgIpc) is 2.40. The minimum absolute atomic E-state index is 0.00222. The molecule has 18 heavy (non-hydrogen) atoms. The zero-order valence-electron chi connectivity index (χ0n) is 10.7. The third-order valence-corrected chi connectivity index (χ3v) is 3.26. The molecular weight excluding hydrogens is 228 g/mol. The maximum Gasteiger partial charge on any atom is 0.251 e. The van der Waals surface area contributed by atoms with Gasteiger partial charge in [0.2, 0.25) is 0 Å². The summed E-state index contributed by atoms with van der Waals surface area (Å²) in [4.78, 5) is 12.0. The van der Waals surface area contributed by atoms with Gasteiger partial charge < -0.3 is 15.8 Å². The largest absolute Gasteiger partial charge is 0.381 e. The number of hydrogen-bond donors (Lipinski definition) is 2. The Kier molecular flexibility index (Phi) is 4.33. The van der Waals surface area contributed by atoms with Gasteiger partial charge in [0.25, 0.3) is 5.91 Å². The molecule has 3 N–H and O–H groups in total. The molecule has 0 spiro atoms. The fraction of sp³-hybridized carbons (Fsp3) is 0.500. The van der Waals surface area contributed by atoms with Crippen LogP contribution in [0.4, 0.5) is 0 Å². The fourth-order valence-corrected chi connectivity index (χ4v) is 2.05. The van der Waals surface area contributed by atoms with Crippen molar-refractivity contribution < 1.29 is 9.53 Å². The molecule has 4 nitrogen and oxygen atoms in total. The maximum atomic E-state index is 12.0. The molecule has 1 atom stereocenters. The lowest BCUT2D eigenvalue weighted by Crippen LogP contribution is -2.38. The number of carbonyl (C=O) groups is 1. The topological polar surface area (TPSA) is 64.4 Å². The van der Waals surface area contributed by atoms with Crippen LogP contribution < -0.4 is 11.1 Å². The molecule has 0 saturated carbocycles. The highest BCUT2D eigenvalue weighted by atomic mass is 16.5. The summed E-state index contributed by atoms with van der Waals surface area (Å²) in [5.41, 5.74) is 7.50. The minimum Gasteiger partial charge on any atom is -0.381 e. The number of amides is 1. The van der Waals surface area contributed by atoms with Gasteiger partial charge in [0.15, 0.2) is 0 Å². The van der Waals surface area contributed by atoms with E-state index in [0.717, 1.165) is 31.6 Å². The number of nitrogens with two attached hydrogens (primary N) is 1. The molecule has 0 aromatic heterocycles. The predicted octanol–water partition coefficient (Wildman–Crippen LogP) is 1.62. The summed E-state index contributed by atoms with van der Waals surface area (Å²) < 4.78 is 5.26. The third-order valence-electron chi connectivity index (χ3n) is 3.26. The van der Waals surface area contributed by atoms with E-state index in [4.69, 9.17) is 10.5 Å². The molecule has 1 aromatic rings. The first-order valence-electron chi connectivity index (χ1n) is 6.41. The lowest BCUT2D eigenvalue weighted by molar-refractivity contribution is 0.0696.